The summed E-state index contributed by atoms with van der Waals surface area (Å²) in [5.74, 6) is 0.549. The molecule has 0 saturated carbocycles. The normalized spacial score (nSPS) is 14.5. The molecule has 142 valence electrons. The highest BCUT2D eigenvalue weighted by Gasteiger charge is 2.45. The second kappa shape index (κ2) is 7.47. The molecular formula is C24H24N2O2. The van der Waals surface area contributed by atoms with Crippen LogP contribution in [0.15, 0.2) is 72.9 Å². The summed E-state index contributed by atoms with van der Waals surface area (Å²) in [6.07, 6.45) is 3.10. The monoisotopic (exact) mass is 372 g/mol. The maximum absolute atomic E-state index is 13.5. The van der Waals surface area contributed by atoms with E-state index in [2.05, 4.69) is 22.4 Å². The molecule has 28 heavy (non-hydrogen) atoms. The number of rotatable bonds is 5. The topological polar surface area (TPSA) is 51.2 Å². The predicted octanol–water partition coefficient (Wildman–Crippen LogP) is 4.54. The maximum atomic E-state index is 13.5. The molecule has 0 bridgehead atoms. The molecule has 0 atom stereocenters. The highest BCUT2D eigenvalue weighted by atomic mass is 16.5. The van der Waals surface area contributed by atoms with Crippen LogP contribution in [-0.4, -0.2) is 17.0 Å². The number of amides is 1. The van der Waals surface area contributed by atoms with Crippen molar-refractivity contribution in [3.63, 3.8) is 0 Å². The SMILES string of the molecule is CC(C)Oc1ccc(NC(=O)C2(c3ccccc3)Cc3ccccc3C2)cn1. The van der Waals surface area contributed by atoms with E-state index in [1.807, 2.05) is 62.4 Å². The van der Waals surface area contributed by atoms with Gasteiger partial charge in [0.05, 0.1) is 23.4 Å². The molecule has 1 aliphatic carbocycles. The Kier molecular flexibility index (Phi) is 4.86. The lowest BCUT2D eigenvalue weighted by atomic mass is 9.76. The number of nitrogens with zero attached hydrogens (tertiary/aromatic N) is 1. The lowest BCUT2D eigenvalue weighted by molar-refractivity contribution is -0.121. The Morgan fingerprint density at radius 2 is 1.61 bits per heavy atom. The Bertz CT molecular complexity index is 940. The fourth-order valence-corrected chi connectivity index (χ4v) is 3.88. The van der Waals surface area contributed by atoms with E-state index in [1.54, 1.807) is 12.3 Å². The number of hydrogen-bond acceptors (Lipinski definition) is 3. The molecule has 3 aromatic rings. The zero-order valence-corrected chi connectivity index (χ0v) is 16.2. The number of nitrogens with one attached hydrogen (secondary N) is 1. The lowest BCUT2D eigenvalue weighted by Crippen LogP contribution is -2.41. The second-order valence-electron chi connectivity index (χ2n) is 7.58. The van der Waals surface area contributed by atoms with E-state index in [9.17, 15) is 4.79 Å². The van der Waals surface area contributed by atoms with E-state index in [0.29, 0.717) is 24.4 Å². The van der Waals surface area contributed by atoms with Crippen LogP contribution in [0, 0.1) is 0 Å². The Morgan fingerprint density at radius 3 is 2.18 bits per heavy atom. The highest BCUT2D eigenvalue weighted by Crippen LogP contribution is 2.40. The number of hydrogen-bond donors (Lipinski definition) is 1. The van der Waals surface area contributed by atoms with Gasteiger partial charge in [0.25, 0.3) is 0 Å². The quantitative estimate of drug-likeness (QED) is 0.715. The van der Waals surface area contributed by atoms with Gasteiger partial charge in [0.15, 0.2) is 0 Å². The van der Waals surface area contributed by atoms with Gasteiger partial charge < -0.3 is 10.1 Å². The number of ether oxygens (including phenoxy) is 1. The summed E-state index contributed by atoms with van der Waals surface area (Å²) in [6.45, 7) is 3.91. The molecule has 0 unspecified atom stereocenters. The largest absolute Gasteiger partial charge is 0.475 e. The first kappa shape index (κ1) is 18.2. The van der Waals surface area contributed by atoms with Gasteiger partial charge in [-0.1, -0.05) is 54.6 Å². The van der Waals surface area contributed by atoms with Gasteiger partial charge in [0.1, 0.15) is 0 Å². The molecule has 1 aliphatic rings. The molecule has 4 heteroatoms. The molecule has 4 rings (SSSR count). The third-order valence-corrected chi connectivity index (χ3v) is 5.21. The van der Waals surface area contributed by atoms with Crippen molar-refractivity contribution in [2.24, 2.45) is 0 Å². The fourth-order valence-electron chi connectivity index (χ4n) is 3.88. The van der Waals surface area contributed by atoms with Gasteiger partial charge in [-0.3, -0.25) is 4.79 Å². The van der Waals surface area contributed by atoms with E-state index in [-0.39, 0.29) is 12.0 Å². The average Bonchev–Trinajstić information content (AvgIpc) is 3.11. The van der Waals surface area contributed by atoms with Crippen LogP contribution in [0.3, 0.4) is 0 Å². The third-order valence-electron chi connectivity index (χ3n) is 5.21. The minimum atomic E-state index is -0.613. The van der Waals surface area contributed by atoms with Gasteiger partial charge in [0, 0.05) is 6.07 Å². The number of benzene rings is 2. The van der Waals surface area contributed by atoms with Crippen LogP contribution in [0.25, 0.3) is 0 Å². The Hall–Kier alpha value is -3.14. The van der Waals surface area contributed by atoms with E-state index < -0.39 is 5.41 Å². The summed E-state index contributed by atoms with van der Waals surface area (Å²) >= 11 is 0. The van der Waals surface area contributed by atoms with Crippen LogP contribution < -0.4 is 10.1 Å². The van der Waals surface area contributed by atoms with Gasteiger partial charge in [0.2, 0.25) is 11.8 Å². The van der Waals surface area contributed by atoms with E-state index in [0.717, 1.165) is 5.56 Å². The number of carbonyl (C=O) groups is 1. The van der Waals surface area contributed by atoms with Crippen molar-refractivity contribution in [1.29, 1.82) is 0 Å². The number of aromatic nitrogens is 1. The van der Waals surface area contributed by atoms with E-state index >= 15 is 0 Å². The van der Waals surface area contributed by atoms with Crippen molar-refractivity contribution < 1.29 is 9.53 Å². The van der Waals surface area contributed by atoms with Gasteiger partial charge in [-0.2, -0.15) is 0 Å². The third kappa shape index (κ3) is 3.50. The van der Waals surface area contributed by atoms with Gasteiger partial charge in [-0.05, 0) is 49.4 Å². The molecule has 4 nitrogen and oxygen atoms in total. The smallest absolute Gasteiger partial charge is 0.235 e. The van der Waals surface area contributed by atoms with Crippen molar-refractivity contribution in [3.05, 3.63) is 89.6 Å². The molecule has 0 spiro atoms. The van der Waals surface area contributed by atoms with Crippen molar-refractivity contribution >= 4 is 11.6 Å². The van der Waals surface area contributed by atoms with Gasteiger partial charge >= 0.3 is 0 Å². The minimum Gasteiger partial charge on any atom is -0.475 e. The minimum absolute atomic E-state index is 0.00534. The number of carbonyl (C=O) groups excluding carboxylic acids is 1. The van der Waals surface area contributed by atoms with Crippen molar-refractivity contribution in [3.8, 4) is 5.88 Å². The van der Waals surface area contributed by atoms with Gasteiger partial charge in [-0.25, -0.2) is 4.98 Å². The predicted molar refractivity (Wildman–Crippen MR) is 111 cm³/mol. The summed E-state index contributed by atoms with van der Waals surface area (Å²) in [7, 11) is 0. The van der Waals surface area contributed by atoms with Crippen LogP contribution in [0.1, 0.15) is 30.5 Å². The summed E-state index contributed by atoms with van der Waals surface area (Å²) in [4.78, 5) is 17.8. The number of pyridine rings is 1. The van der Waals surface area contributed by atoms with Crippen LogP contribution in [0.2, 0.25) is 0 Å². The highest BCUT2D eigenvalue weighted by molar-refractivity contribution is 6.00. The first-order valence-electron chi connectivity index (χ1n) is 9.63. The Morgan fingerprint density at radius 1 is 0.964 bits per heavy atom. The second-order valence-corrected chi connectivity index (χ2v) is 7.58. The molecule has 0 fully saturated rings. The zero-order valence-electron chi connectivity index (χ0n) is 16.2. The summed E-state index contributed by atoms with van der Waals surface area (Å²) in [6, 6.07) is 22.0. The van der Waals surface area contributed by atoms with Crippen molar-refractivity contribution in [2.75, 3.05) is 5.32 Å². The standard InChI is InChI=1S/C24H24N2O2/c1-17(2)28-22-13-12-21(16-25-22)26-23(27)24(20-10-4-3-5-11-20)14-18-8-6-7-9-19(18)15-24/h3-13,16-17H,14-15H2,1-2H3,(H,26,27). The first-order chi connectivity index (χ1) is 13.6. The summed E-state index contributed by atoms with van der Waals surface area (Å²) in [5.41, 5.74) is 3.57. The van der Waals surface area contributed by atoms with Crippen LogP contribution in [0.4, 0.5) is 5.69 Å². The molecule has 0 radical (unpaired) electrons. The fraction of sp³-hybridized carbons (Fsp3) is 0.250. The molecule has 2 aromatic carbocycles. The number of anilines is 1. The first-order valence-corrected chi connectivity index (χ1v) is 9.63. The maximum Gasteiger partial charge on any atom is 0.235 e. The van der Waals surface area contributed by atoms with Crippen molar-refractivity contribution in [1.82, 2.24) is 4.98 Å². The summed E-state index contributed by atoms with van der Waals surface area (Å²) < 4.78 is 5.58. The van der Waals surface area contributed by atoms with E-state index in [4.69, 9.17) is 4.74 Å². The Balaban J connectivity index is 1.62. The molecule has 1 aromatic heterocycles. The molecular weight excluding hydrogens is 348 g/mol. The van der Waals surface area contributed by atoms with Crippen LogP contribution >= 0.6 is 0 Å². The zero-order chi connectivity index (χ0) is 19.6. The number of fused-ring (bicyclic) bond motifs is 1. The van der Waals surface area contributed by atoms with Gasteiger partial charge in [-0.15, -0.1) is 0 Å². The molecule has 1 heterocycles. The average molecular weight is 372 g/mol. The lowest BCUT2D eigenvalue weighted by Gasteiger charge is -2.28. The summed E-state index contributed by atoms with van der Waals surface area (Å²) in [5, 5.41) is 3.08. The Labute approximate surface area is 165 Å². The van der Waals surface area contributed by atoms with E-state index in [1.165, 1.54) is 11.1 Å². The molecule has 0 saturated heterocycles. The van der Waals surface area contributed by atoms with Crippen molar-refractivity contribution in [2.45, 2.75) is 38.2 Å². The van der Waals surface area contributed by atoms with Crippen LogP contribution in [-0.2, 0) is 23.1 Å². The molecule has 1 amide bonds. The molecule has 0 aliphatic heterocycles. The van der Waals surface area contributed by atoms with Crippen LogP contribution in [0.5, 0.6) is 5.88 Å². The molecule has 1 N–H and O–H groups in total.